The maximum absolute atomic E-state index is 12.7. The predicted molar refractivity (Wildman–Crippen MR) is 105 cm³/mol. The van der Waals surface area contributed by atoms with Crippen LogP contribution in [0.5, 0.6) is 17.2 Å². The van der Waals surface area contributed by atoms with Crippen LogP contribution in [0.4, 0.5) is 0 Å². The number of aryl methyl sites for hydroxylation is 1. The molecule has 142 valence electrons. The van der Waals surface area contributed by atoms with Crippen molar-refractivity contribution in [3.63, 3.8) is 0 Å². The summed E-state index contributed by atoms with van der Waals surface area (Å²) < 4.78 is 16.3. The Morgan fingerprint density at radius 3 is 2.44 bits per heavy atom. The molecule has 0 spiro atoms. The third kappa shape index (κ3) is 3.84. The van der Waals surface area contributed by atoms with Gasteiger partial charge in [-0.15, -0.1) is 0 Å². The van der Waals surface area contributed by atoms with Crippen molar-refractivity contribution in [1.29, 1.82) is 0 Å². The van der Waals surface area contributed by atoms with Gasteiger partial charge in [0.15, 0.2) is 11.5 Å². The zero-order chi connectivity index (χ0) is 19.2. The van der Waals surface area contributed by atoms with E-state index in [1.807, 2.05) is 18.2 Å². The molecule has 0 aliphatic carbocycles. The zero-order valence-corrected chi connectivity index (χ0v) is 15.8. The number of fused-ring (bicyclic) bond motifs is 1. The molecule has 0 atom stereocenters. The van der Waals surface area contributed by atoms with Gasteiger partial charge in [0.1, 0.15) is 0 Å². The summed E-state index contributed by atoms with van der Waals surface area (Å²) in [5, 5.41) is 3.65. The van der Waals surface area contributed by atoms with Crippen LogP contribution in [0.1, 0.15) is 22.3 Å². The van der Waals surface area contributed by atoms with Crippen molar-refractivity contribution in [2.75, 3.05) is 27.9 Å². The van der Waals surface area contributed by atoms with Crippen LogP contribution < -0.4 is 19.5 Å². The highest BCUT2D eigenvalue weighted by atomic mass is 16.5. The van der Waals surface area contributed by atoms with E-state index in [4.69, 9.17) is 14.2 Å². The van der Waals surface area contributed by atoms with Crippen LogP contribution in [0.15, 0.2) is 42.6 Å². The fourth-order valence-electron chi connectivity index (χ4n) is 3.17. The van der Waals surface area contributed by atoms with Crippen molar-refractivity contribution in [3.8, 4) is 17.2 Å². The van der Waals surface area contributed by atoms with Crippen LogP contribution in [0.2, 0.25) is 0 Å². The fraction of sp³-hybridized carbons (Fsp3) is 0.286. The molecule has 6 heteroatoms. The first kappa shape index (κ1) is 18.6. The third-order valence-corrected chi connectivity index (χ3v) is 4.49. The molecule has 6 nitrogen and oxygen atoms in total. The number of carbonyl (C=O) groups excluding carboxylic acids is 1. The number of ether oxygens (including phenoxy) is 3. The summed E-state index contributed by atoms with van der Waals surface area (Å²) >= 11 is 0. The summed E-state index contributed by atoms with van der Waals surface area (Å²) in [7, 11) is 4.65. The summed E-state index contributed by atoms with van der Waals surface area (Å²) in [5.74, 6) is 1.33. The zero-order valence-electron chi connectivity index (χ0n) is 15.8. The van der Waals surface area contributed by atoms with Gasteiger partial charge in [-0.2, -0.15) is 0 Å². The molecule has 2 N–H and O–H groups in total. The van der Waals surface area contributed by atoms with Crippen LogP contribution in [0, 0.1) is 0 Å². The van der Waals surface area contributed by atoms with Gasteiger partial charge in [-0.3, -0.25) is 4.79 Å². The van der Waals surface area contributed by atoms with Gasteiger partial charge in [0.05, 0.1) is 37.8 Å². The lowest BCUT2D eigenvalue weighted by Gasteiger charge is -2.14. The Labute approximate surface area is 158 Å². The minimum absolute atomic E-state index is 0.153. The van der Waals surface area contributed by atoms with E-state index in [0.29, 0.717) is 34.7 Å². The largest absolute Gasteiger partial charge is 0.493 e. The molecule has 0 aliphatic heterocycles. The number of aromatic amines is 1. The highest BCUT2D eigenvalue weighted by Crippen LogP contribution is 2.44. The minimum atomic E-state index is -0.153. The molecule has 0 radical (unpaired) electrons. The summed E-state index contributed by atoms with van der Waals surface area (Å²) in [4.78, 5) is 15.8. The van der Waals surface area contributed by atoms with Crippen molar-refractivity contribution in [1.82, 2.24) is 10.3 Å². The number of hydrogen-bond donors (Lipinski definition) is 2. The molecule has 0 unspecified atom stereocenters. The van der Waals surface area contributed by atoms with Crippen LogP contribution in [0.3, 0.4) is 0 Å². The quantitative estimate of drug-likeness (QED) is 0.597. The Hall–Kier alpha value is -3.15. The van der Waals surface area contributed by atoms with Crippen LogP contribution in [0.25, 0.3) is 10.9 Å². The van der Waals surface area contributed by atoms with Crippen molar-refractivity contribution >= 4 is 16.8 Å². The van der Waals surface area contributed by atoms with Gasteiger partial charge in [-0.25, -0.2) is 0 Å². The van der Waals surface area contributed by atoms with Crippen molar-refractivity contribution in [2.45, 2.75) is 12.8 Å². The van der Waals surface area contributed by atoms with E-state index in [1.165, 1.54) is 5.56 Å². The van der Waals surface area contributed by atoms with Gasteiger partial charge >= 0.3 is 0 Å². The van der Waals surface area contributed by atoms with Crippen molar-refractivity contribution < 1.29 is 19.0 Å². The second kappa shape index (κ2) is 8.49. The summed E-state index contributed by atoms with van der Waals surface area (Å²) in [5.41, 5.74) is 2.53. The number of hydrogen-bond acceptors (Lipinski definition) is 4. The normalized spacial score (nSPS) is 10.6. The van der Waals surface area contributed by atoms with E-state index in [1.54, 1.807) is 33.6 Å². The molecule has 0 aliphatic rings. The summed E-state index contributed by atoms with van der Waals surface area (Å²) in [6.45, 7) is 0.593. The number of nitrogens with one attached hydrogen (secondary N) is 2. The standard InChI is InChI=1S/C21H24N2O4/c1-25-17-12-16-18(20(27-3)19(17)26-2)15(13-23-16)21(24)22-11-7-10-14-8-5-4-6-9-14/h4-6,8-9,12-13,23H,7,10-11H2,1-3H3,(H,22,24). The van der Waals surface area contributed by atoms with Gasteiger partial charge in [-0.05, 0) is 18.4 Å². The first-order valence-corrected chi connectivity index (χ1v) is 8.81. The number of H-pyrrole nitrogens is 1. The third-order valence-electron chi connectivity index (χ3n) is 4.49. The maximum Gasteiger partial charge on any atom is 0.253 e. The molecule has 2 aromatic carbocycles. The van der Waals surface area contributed by atoms with Gasteiger partial charge in [-0.1, -0.05) is 30.3 Å². The van der Waals surface area contributed by atoms with Gasteiger partial charge in [0.25, 0.3) is 5.91 Å². The van der Waals surface area contributed by atoms with Gasteiger partial charge < -0.3 is 24.5 Å². The van der Waals surface area contributed by atoms with Gasteiger partial charge in [0.2, 0.25) is 5.75 Å². The number of amides is 1. The van der Waals surface area contributed by atoms with Crippen LogP contribution >= 0.6 is 0 Å². The Kier molecular flexibility index (Phi) is 5.86. The molecule has 0 saturated heterocycles. The Balaban J connectivity index is 1.76. The summed E-state index contributed by atoms with van der Waals surface area (Å²) in [6.07, 6.45) is 3.47. The molecule has 1 aromatic heterocycles. The highest BCUT2D eigenvalue weighted by Gasteiger charge is 2.22. The van der Waals surface area contributed by atoms with E-state index in [9.17, 15) is 4.79 Å². The smallest absolute Gasteiger partial charge is 0.253 e. The number of aromatic nitrogens is 1. The molecular formula is C21H24N2O4. The molecule has 3 rings (SSSR count). The molecule has 3 aromatic rings. The van der Waals surface area contributed by atoms with E-state index >= 15 is 0 Å². The van der Waals surface area contributed by atoms with E-state index in [0.717, 1.165) is 18.4 Å². The number of carbonyl (C=O) groups is 1. The molecular weight excluding hydrogens is 344 g/mol. The second-order valence-electron chi connectivity index (χ2n) is 6.12. The Morgan fingerprint density at radius 1 is 1.04 bits per heavy atom. The van der Waals surface area contributed by atoms with Crippen molar-refractivity contribution in [2.24, 2.45) is 0 Å². The SMILES string of the molecule is COc1cc2[nH]cc(C(=O)NCCCc3ccccc3)c2c(OC)c1OC. The molecule has 0 bridgehead atoms. The lowest BCUT2D eigenvalue weighted by Crippen LogP contribution is -2.24. The van der Waals surface area contributed by atoms with E-state index in [2.05, 4.69) is 22.4 Å². The average Bonchev–Trinajstić information content (AvgIpc) is 3.14. The lowest BCUT2D eigenvalue weighted by atomic mass is 10.1. The lowest BCUT2D eigenvalue weighted by molar-refractivity contribution is 0.0954. The minimum Gasteiger partial charge on any atom is -0.493 e. The number of rotatable bonds is 8. The molecule has 1 heterocycles. The van der Waals surface area contributed by atoms with Gasteiger partial charge in [0, 0.05) is 18.8 Å². The molecule has 27 heavy (non-hydrogen) atoms. The van der Waals surface area contributed by atoms with Crippen molar-refractivity contribution in [3.05, 3.63) is 53.7 Å². The Bertz CT molecular complexity index is 919. The maximum atomic E-state index is 12.7. The van der Waals surface area contributed by atoms with E-state index in [-0.39, 0.29) is 5.91 Å². The topological polar surface area (TPSA) is 72.6 Å². The molecule has 0 saturated carbocycles. The fourth-order valence-corrected chi connectivity index (χ4v) is 3.17. The predicted octanol–water partition coefficient (Wildman–Crippen LogP) is 3.56. The second-order valence-corrected chi connectivity index (χ2v) is 6.12. The monoisotopic (exact) mass is 368 g/mol. The highest BCUT2D eigenvalue weighted by molar-refractivity contribution is 6.10. The number of benzene rings is 2. The van der Waals surface area contributed by atoms with Crippen LogP contribution in [-0.2, 0) is 6.42 Å². The molecule has 1 amide bonds. The average molecular weight is 368 g/mol. The first-order valence-electron chi connectivity index (χ1n) is 8.81. The first-order chi connectivity index (χ1) is 13.2. The number of methoxy groups -OCH3 is 3. The summed E-state index contributed by atoms with van der Waals surface area (Å²) in [6, 6.07) is 12.0. The van der Waals surface area contributed by atoms with E-state index < -0.39 is 0 Å². The Morgan fingerprint density at radius 2 is 1.78 bits per heavy atom. The molecule has 0 fully saturated rings. The van der Waals surface area contributed by atoms with Crippen LogP contribution in [-0.4, -0.2) is 38.8 Å².